The molecule has 0 saturated heterocycles. The van der Waals surface area contributed by atoms with Crippen LogP contribution in [0.5, 0.6) is 0 Å². The van der Waals surface area contributed by atoms with E-state index in [1.165, 1.54) is 28.0 Å². The lowest BCUT2D eigenvalue weighted by molar-refractivity contribution is -0.139. The van der Waals surface area contributed by atoms with E-state index in [9.17, 15) is 14.0 Å². The lowest BCUT2D eigenvalue weighted by Gasteiger charge is -2.21. The minimum Gasteiger partial charge on any atom is -0.463 e. The zero-order valence-electron chi connectivity index (χ0n) is 17.6. The molecule has 1 atom stereocenters. The molecule has 3 aromatic rings. The first-order valence-corrected chi connectivity index (χ1v) is 11.0. The largest absolute Gasteiger partial charge is 0.463 e. The number of fused-ring (bicyclic) bond motifs is 1. The molecule has 0 N–H and O–H groups in total. The number of thiazole rings is 1. The number of hydrogen-bond acceptors (Lipinski definition) is 5. The predicted molar refractivity (Wildman–Crippen MR) is 123 cm³/mol. The highest BCUT2D eigenvalue weighted by Crippen LogP contribution is 2.26. The third-order valence-electron chi connectivity index (χ3n) is 5.00. The molecule has 0 unspecified atom stereocenters. The fourth-order valence-corrected chi connectivity index (χ4v) is 4.55. The van der Waals surface area contributed by atoms with Crippen LogP contribution in [-0.4, -0.2) is 17.1 Å². The quantitative estimate of drug-likeness (QED) is 0.561. The number of nitrogens with zero attached hydrogens (tertiary/aromatic N) is 2. The Morgan fingerprint density at radius 3 is 2.56 bits per heavy atom. The van der Waals surface area contributed by atoms with Gasteiger partial charge < -0.3 is 4.74 Å². The van der Waals surface area contributed by atoms with Gasteiger partial charge in [-0.05, 0) is 43.2 Å². The fourth-order valence-electron chi connectivity index (χ4n) is 3.49. The van der Waals surface area contributed by atoms with Crippen molar-refractivity contribution in [3.05, 3.63) is 109 Å². The molecule has 4 rings (SSSR count). The number of allylic oxidation sites excluding steroid dienone is 2. The first-order chi connectivity index (χ1) is 15.5. The molecule has 2 heterocycles. The van der Waals surface area contributed by atoms with Gasteiger partial charge in [0.2, 0.25) is 0 Å². The van der Waals surface area contributed by atoms with Crippen molar-refractivity contribution >= 4 is 29.5 Å². The zero-order valence-corrected chi connectivity index (χ0v) is 18.4. The van der Waals surface area contributed by atoms with Crippen LogP contribution in [0.15, 0.2) is 81.7 Å². The van der Waals surface area contributed by atoms with Crippen LogP contribution in [0.4, 0.5) is 4.39 Å². The standard InChI is InChI=1S/C25H21FN2O3S/c1-3-31-24(30)22-16(2)27-25-28(20(22)14-11-17-7-5-4-6-8-17)23(29)21(32-25)15-18-9-12-19(26)13-10-18/h4-15,20H,3H2,1-2H3/b14-11+,21-15+/t20-/m0/s1. The second kappa shape index (κ2) is 9.28. The second-order valence-corrected chi connectivity index (χ2v) is 8.18. The second-order valence-electron chi connectivity index (χ2n) is 7.17. The molecule has 0 fully saturated rings. The van der Waals surface area contributed by atoms with E-state index in [0.29, 0.717) is 26.2 Å². The van der Waals surface area contributed by atoms with Crippen molar-refractivity contribution in [3.63, 3.8) is 0 Å². The topological polar surface area (TPSA) is 60.7 Å². The molecule has 0 saturated carbocycles. The first-order valence-electron chi connectivity index (χ1n) is 10.2. The fraction of sp³-hybridized carbons (Fsp3) is 0.160. The van der Waals surface area contributed by atoms with E-state index >= 15 is 0 Å². The van der Waals surface area contributed by atoms with Gasteiger partial charge in [0.25, 0.3) is 5.56 Å². The van der Waals surface area contributed by atoms with E-state index in [1.54, 1.807) is 32.1 Å². The number of halogens is 1. The van der Waals surface area contributed by atoms with Gasteiger partial charge in [-0.2, -0.15) is 0 Å². The molecular weight excluding hydrogens is 427 g/mol. The molecule has 1 aliphatic rings. The van der Waals surface area contributed by atoms with Crippen LogP contribution in [0.2, 0.25) is 0 Å². The Morgan fingerprint density at radius 2 is 1.88 bits per heavy atom. The monoisotopic (exact) mass is 448 g/mol. The van der Waals surface area contributed by atoms with Crippen LogP contribution < -0.4 is 14.9 Å². The van der Waals surface area contributed by atoms with E-state index in [4.69, 9.17) is 4.74 Å². The maximum atomic E-state index is 13.3. The number of benzene rings is 2. The highest BCUT2D eigenvalue weighted by Gasteiger charge is 2.30. The highest BCUT2D eigenvalue weighted by atomic mass is 32.1. The van der Waals surface area contributed by atoms with Gasteiger partial charge in [-0.25, -0.2) is 14.2 Å². The third kappa shape index (κ3) is 4.38. The minimum absolute atomic E-state index is 0.222. The van der Waals surface area contributed by atoms with Crippen LogP contribution in [0.1, 0.15) is 31.0 Å². The molecule has 0 amide bonds. The van der Waals surface area contributed by atoms with Gasteiger partial charge in [0.15, 0.2) is 4.80 Å². The van der Waals surface area contributed by atoms with Crippen LogP contribution in [0.3, 0.4) is 0 Å². The summed E-state index contributed by atoms with van der Waals surface area (Å²) in [5, 5.41) is 0. The normalized spacial score (nSPS) is 16.2. The molecule has 162 valence electrons. The molecule has 1 aliphatic heterocycles. The zero-order chi connectivity index (χ0) is 22.7. The van der Waals surface area contributed by atoms with Gasteiger partial charge >= 0.3 is 5.97 Å². The summed E-state index contributed by atoms with van der Waals surface area (Å²) >= 11 is 1.23. The molecule has 5 nitrogen and oxygen atoms in total. The van der Waals surface area contributed by atoms with E-state index in [1.807, 2.05) is 42.5 Å². The Morgan fingerprint density at radius 1 is 1.16 bits per heavy atom. The number of carbonyl (C=O) groups excluding carboxylic acids is 1. The minimum atomic E-state index is -0.652. The van der Waals surface area contributed by atoms with Crippen LogP contribution in [0, 0.1) is 5.82 Å². The Balaban J connectivity index is 1.87. The number of hydrogen-bond donors (Lipinski definition) is 0. The summed E-state index contributed by atoms with van der Waals surface area (Å²) in [4.78, 5) is 31.1. The van der Waals surface area contributed by atoms with Crippen LogP contribution in [-0.2, 0) is 9.53 Å². The molecule has 7 heteroatoms. The summed E-state index contributed by atoms with van der Waals surface area (Å²) < 4.78 is 20.5. The number of carbonyl (C=O) groups is 1. The van der Waals surface area contributed by atoms with E-state index in [0.717, 1.165) is 5.56 Å². The summed E-state index contributed by atoms with van der Waals surface area (Å²) in [5.74, 6) is -0.839. The molecular formula is C25H21FN2O3S. The van der Waals surface area contributed by atoms with Gasteiger partial charge in [-0.15, -0.1) is 0 Å². The van der Waals surface area contributed by atoms with Gasteiger partial charge in [0, 0.05) is 0 Å². The average molecular weight is 449 g/mol. The number of ether oxygens (including phenoxy) is 1. The maximum absolute atomic E-state index is 13.3. The molecule has 0 aliphatic carbocycles. The Bertz CT molecular complexity index is 1380. The van der Waals surface area contributed by atoms with E-state index < -0.39 is 12.0 Å². The Hall–Kier alpha value is -3.58. The van der Waals surface area contributed by atoms with Crippen LogP contribution in [0.25, 0.3) is 12.2 Å². The highest BCUT2D eigenvalue weighted by molar-refractivity contribution is 7.07. The lowest BCUT2D eigenvalue weighted by Crippen LogP contribution is -2.38. The summed E-state index contributed by atoms with van der Waals surface area (Å²) in [6.45, 7) is 3.70. The lowest BCUT2D eigenvalue weighted by atomic mass is 10.0. The predicted octanol–water partition coefficient (Wildman–Crippen LogP) is 3.60. The number of esters is 1. The van der Waals surface area contributed by atoms with Crippen molar-refractivity contribution in [1.29, 1.82) is 0 Å². The Kier molecular flexibility index (Phi) is 6.28. The maximum Gasteiger partial charge on any atom is 0.338 e. The average Bonchev–Trinajstić information content (AvgIpc) is 3.09. The number of rotatable bonds is 5. The number of aromatic nitrogens is 1. The molecule has 0 bridgehead atoms. The Labute approximate surface area is 188 Å². The van der Waals surface area contributed by atoms with E-state index in [-0.39, 0.29) is 18.0 Å². The summed E-state index contributed by atoms with van der Waals surface area (Å²) in [6, 6.07) is 14.9. The van der Waals surface area contributed by atoms with Crippen molar-refractivity contribution in [2.75, 3.05) is 6.61 Å². The van der Waals surface area contributed by atoms with Crippen molar-refractivity contribution in [1.82, 2.24) is 4.57 Å². The summed E-state index contributed by atoms with van der Waals surface area (Å²) in [5.41, 5.74) is 2.23. The van der Waals surface area contributed by atoms with Gasteiger partial charge in [-0.3, -0.25) is 9.36 Å². The van der Waals surface area contributed by atoms with E-state index in [2.05, 4.69) is 4.99 Å². The van der Waals surface area contributed by atoms with Crippen molar-refractivity contribution in [3.8, 4) is 0 Å². The van der Waals surface area contributed by atoms with Crippen molar-refractivity contribution in [2.45, 2.75) is 19.9 Å². The van der Waals surface area contributed by atoms with Gasteiger partial charge in [0.05, 0.1) is 28.5 Å². The molecule has 32 heavy (non-hydrogen) atoms. The SMILES string of the molecule is CCOC(=O)C1=C(C)N=c2s/c(=C/c3ccc(F)cc3)c(=O)n2[C@H]1/C=C/c1ccccc1. The molecule has 2 aromatic carbocycles. The van der Waals surface area contributed by atoms with Gasteiger partial charge in [0.1, 0.15) is 5.82 Å². The molecule has 0 radical (unpaired) electrons. The van der Waals surface area contributed by atoms with Crippen molar-refractivity contribution < 1.29 is 13.9 Å². The first kappa shape index (κ1) is 21.6. The molecule has 0 spiro atoms. The van der Waals surface area contributed by atoms with Crippen LogP contribution >= 0.6 is 11.3 Å². The summed E-state index contributed by atoms with van der Waals surface area (Å²) in [6.07, 6.45) is 5.39. The van der Waals surface area contributed by atoms with Gasteiger partial charge in [-0.1, -0.05) is 66.0 Å². The van der Waals surface area contributed by atoms with Crippen molar-refractivity contribution in [2.24, 2.45) is 4.99 Å². The summed E-state index contributed by atoms with van der Waals surface area (Å²) in [7, 11) is 0. The third-order valence-corrected chi connectivity index (χ3v) is 5.98. The molecule has 1 aromatic heterocycles. The smallest absolute Gasteiger partial charge is 0.338 e.